The highest BCUT2D eigenvalue weighted by Crippen LogP contribution is 2.24. The predicted molar refractivity (Wildman–Crippen MR) is 82.4 cm³/mol. The van der Waals surface area contributed by atoms with Crippen LogP contribution in [0.3, 0.4) is 0 Å². The lowest BCUT2D eigenvalue weighted by Gasteiger charge is -2.36. The molecule has 0 spiro atoms. The topological polar surface area (TPSA) is 62.7 Å². The Labute approximate surface area is 123 Å². The molecule has 1 aromatic heterocycles. The van der Waals surface area contributed by atoms with Crippen molar-refractivity contribution in [1.29, 1.82) is 0 Å². The Kier molecular flexibility index (Phi) is 3.56. The molecule has 3 rings (SSSR count). The molecule has 0 bridgehead atoms. The molecule has 2 aromatic rings. The molecule has 1 fully saturated rings. The van der Waals surface area contributed by atoms with Gasteiger partial charge in [-0.3, -0.25) is 4.79 Å². The normalized spacial score (nSPS) is 15.3. The van der Waals surface area contributed by atoms with Gasteiger partial charge in [-0.2, -0.15) is 0 Å². The third kappa shape index (κ3) is 2.72. The quantitative estimate of drug-likeness (QED) is 0.859. The highest BCUT2D eigenvalue weighted by atomic mass is 16.3. The first-order chi connectivity index (χ1) is 10.1. The molecule has 0 unspecified atom stereocenters. The van der Waals surface area contributed by atoms with Crippen LogP contribution in [0.15, 0.2) is 41.0 Å². The fourth-order valence-corrected chi connectivity index (χ4v) is 2.67. The van der Waals surface area contributed by atoms with E-state index in [1.54, 1.807) is 12.1 Å². The number of nitrogens with zero attached hydrogens (tertiary/aromatic N) is 2. The average Bonchev–Trinajstić information content (AvgIpc) is 3.03. The minimum Gasteiger partial charge on any atom is -0.459 e. The van der Waals surface area contributed by atoms with E-state index in [2.05, 4.69) is 11.8 Å². The molecule has 1 aliphatic rings. The lowest BCUT2D eigenvalue weighted by atomic mass is 10.1. The van der Waals surface area contributed by atoms with Gasteiger partial charge in [-0.05, 0) is 36.8 Å². The molecular formula is C16H19N3O2. The molecule has 1 aromatic carbocycles. The van der Waals surface area contributed by atoms with Crippen LogP contribution in [0, 0.1) is 6.92 Å². The summed E-state index contributed by atoms with van der Waals surface area (Å²) in [5.74, 6) is 0.368. The number of carbonyl (C=O) groups excluding carboxylic acids is 1. The summed E-state index contributed by atoms with van der Waals surface area (Å²) < 4.78 is 5.17. The Bertz CT molecular complexity index is 629. The molecule has 5 nitrogen and oxygen atoms in total. The average molecular weight is 285 g/mol. The summed E-state index contributed by atoms with van der Waals surface area (Å²) in [7, 11) is 0. The molecule has 0 radical (unpaired) electrons. The van der Waals surface area contributed by atoms with E-state index in [-0.39, 0.29) is 5.91 Å². The third-order valence-electron chi connectivity index (χ3n) is 3.87. The first kappa shape index (κ1) is 13.5. The van der Waals surface area contributed by atoms with Crippen LogP contribution in [0.25, 0.3) is 0 Å². The van der Waals surface area contributed by atoms with Crippen molar-refractivity contribution >= 4 is 17.3 Å². The fraction of sp³-hybridized carbons (Fsp3) is 0.312. The van der Waals surface area contributed by atoms with Gasteiger partial charge in [0.1, 0.15) is 0 Å². The standard InChI is InChI=1S/C16H19N3O2/c1-12-4-5-13(17)11-14(12)18-6-8-19(9-7-18)16(20)15-3-2-10-21-15/h2-5,10-11H,6-9,17H2,1H3. The Hall–Kier alpha value is -2.43. The second-order valence-electron chi connectivity index (χ2n) is 5.30. The summed E-state index contributed by atoms with van der Waals surface area (Å²) in [6, 6.07) is 9.39. The van der Waals surface area contributed by atoms with Gasteiger partial charge in [-0.15, -0.1) is 0 Å². The van der Waals surface area contributed by atoms with Gasteiger partial charge in [0.15, 0.2) is 5.76 Å². The summed E-state index contributed by atoms with van der Waals surface area (Å²) in [6.07, 6.45) is 1.53. The molecule has 1 aliphatic heterocycles. The molecule has 1 amide bonds. The van der Waals surface area contributed by atoms with Crippen LogP contribution in [-0.2, 0) is 0 Å². The summed E-state index contributed by atoms with van der Waals surface area (Å²) in [5, 5.41) is 0. The number of hydrogen-bond acceptors (Lipinski definition) is 4. The van der Waals surface area contributed by atoms with Crippen LogP contribution >= 0.6 is 0 Å². The van der Waals surface area contributed by atoms with Crippen LogP contribution in [0.4, 0.5) is 11.4 Å². The van der Waals surface area contributed by atoms with Crippen LogP contribution in [0.5, 0.6) is 0 Å². The van der Waals surface area contributed by atoms with Crippen molar-refractivity contribution < 1.29 is 9.21 Å². The van der Waals surface area contributed by atoms with Gasteiger partial charge in [-0.1, -0.05) is 6.07 Å². The molecule has 0 aliphatic carbocycles. The molecule has 0 saturated carbocycles. The number of hydrogen-bond donors (Lipinski definition) is 1. The number of piperazine rings is 1. The van der Waals surface area contributed by atoms with Gasteiger partial charge in [0.05, 0.1) is 6.26 Å². The van der Waals surface area contributed by atoms with Gasteiger partial charge in [0, 0.05) is 37.6 Å². The number of rotatable bonds is 2. The molecule has 2 heterocycles. The van der Waals surface area contributed by atoms with E-state index in [0.29, 0.717) is 18.8 Å². The fourth-order valence-electron chi connectivity index (χ4n) is 2.67. The summed E-state index contributed by atoms with van der Waals surface area (Å²) in [5.41, 5.74) is 9.00. The van der Waals surface area contributed by atoms with Crippen molar-refractivity contribution in [3.05, 3.63) is 47.9 Å². The Balaban J connectivity index is 1.68. The van der Waals surface area contributed by atoms with Gasteiger partial charge in [0.25, 0.3) is 5.91 Å². The molecule has 110 valence electrons. The van der Waals surface area contributed by atoms with Gasteiger partial charge < -0.3 is 20.0 Å². The summed E-state index contributed by atoms with van der Waals surface area (Å²) in [4.78, 5) is 16.3. The van der Waals surface area contributed by atoms with Crippen LogP contribution in [0.1, 0.15) is 16.1 Å². The van der Waals surface area contributed by atoms with Gasteiger partial charge in [0.2, 0.25) is 0 Å². The third-order valence-corrected chi connectivity index (χ3v) is 3.87. The van der Waals surface area contributed by atoms with Crippen molar-refractivity contribution in [2.24, 2.45) is 0 Å². The molecule has 21 heavy (non-hydrogen) atoms. The first-order valence-electron chi connectivity index (χ1n) is 7.09. The summed E-state index contributed by atoms with van der Waals surface area (Å²) in [6.45, 7) is 5.06. The molecule has 1 saturated heterocycles. The van der Waals surface area contributed by atoms with E-state index < -0.39 is 0 Å². The second-order valence-corrected chi connectivity index (χ2v) is 5.30. The second kappa shape index (κ2) is 5.52. The van der Waals surface area contributed by atoms with Crippen molar-refractivity contribution in [2.45, 2.75) is 6.92 Å². The maximum Gasteiger partial charge on any atom is 0.289 e. The van der Waals surface area contributed by atoms with E-state index in [1.165, 1.54) is 11.8 Å². The Morgan fingerprint density at radius 2 is 1.95 bits per heavy atom. The van der Waals surface area contributed by atoms with Gasteiger partial charge >= 0.3 is 0 Å². The lowest BCUT2D eigenvalue weighted by Crippen LogP contribution is -2.48. The number of amides is 1. The molecular weight excluding hydrogens is 266 g/mol. The number of anilines is 2. The number of benzene rings is 1. The maximum atomic E-state index is 12.2. The molecule has 2 N–H and O–H groups in total. The highest BCUT2D eigenvalue weighted by Gasteiger charge is 2.24. The number of carbonyl (C=O) groups is 1. The van der Waals surface area contributed by atoms with Crippen molar-refractivity contribution in [3.63, 3.8) is 0 Å². The van der Waals surface area contributed by atoms with Crippen LogP contribution in [-0.4, -0.2) is 37.0 Å². The van der Waals surface area contributed by atoms with Crippen molar-refractivity contribution in [2.75, 3.05) is 36.8 Å². The molecule has 0 atom stereocenters. The zero-order valence-electron chi connectivity index (χ0n) is 12.1. The smallest absolute Gasteiger partial charge is 0.289 e. The minimum atomic E-state index is -0.0380. The van der Waals surface area contributed by atoms with E-state index in [9.17, 15) is 4.79 Å². The summed E-state index contributed by atoms with van der Waals surface area (Å²) >= 11 is 0. The van der Waals surface area contributed by atoms with Gasteiger partial charge in [-0.25, -0.2) is 0 Å². The van der Waals surface area contributed by atoms with Crippen molar-refractivity contribution in [3.8, 4) is 0 Å². The van der Waals surface area contributed by atoms with Crippen LogP contribution < -0.4 is 10.6 Å². The number of nitrogens with two attached hydrogens (primary N) is 1. The SMILES string of the molecule is Cc1ccc(N)cc1N1CCN(C(=O)c2ccco2)CC1. The number of furan rings is 1. The van der Waals surface area contributed by atoms with E-state index in [1.807, 2.05) is 23.1 Å². The first-order valence-corrected chi connectivity index (χ1v) is 7.09. The largest absolute Gasteiger partial charge is 0.459 e. The van der Waals surface area contributed by atoms with E-state index in [0.717, 1.165) is 24.5 Å². The zero-order chi connectivity index (χ0) is 14.8. The number of nitrogen functional groups attached to an aromatic ring is 1. The van der Waals surface area contributed by atoms with Crippen LogP contribution in [0.2, 0.25) is 0 Å². The Morgan fingerprint density at radius 3 is 2.62 bits per heavy atom. The van der Waals surface area contributed by atoms with Crippen molar-refractivity contribution in [1.82, 2.24) is 4.90 Å². The Morgan fingerprint density at radius 1 is 1.19 bits per heavy atom. The maximum absolute atomic E-state index is 12.2. The zero-order valence-corrected chi connectivity index (χ0v) is 12.1. The predicted octanol–water partition coefficient (Wildman–Crippen LogP) is 2.13. The molecule has 5 heteroatoms. The van der Waals surface area contributed by atoms with E-state index in [4.69, 9.17) is 10.2 Å². The minimum absolute atomic E-state index is 0.0380. The monoisotopic (exact) mass is 285 g/mol. The van der Waals surface area contributed by atoms with E-state index >= 15 is 0 Å². The number of aryl methyl sites for hydroxylation is 1. The lowest BCUT2D eigenvalue weighted by molar-refractivity contribution is 0.0714. The highest BCUT2D eigenvalue weighted by molar-refractivity contribution is 5.91.